The van der Waals surface area contributed by atoms with Gasteiger partial charge in [0.25, 0.3) is 0 Å². The fourth-order valence-corrected chi connectivity index (χ4v) is 5.06. The first-order chi connectivity index (χ1) is 18.0. The molecule has 0 unspecified atom stereocenters. The van der Waals surface area contributed by atoms with E-state index in [0.717, 1.165) is 41.8 Å². The molecule has 0 bridgehead atoms. The molecule has 1 atom stereocenters. The van der Waals surface area contributed by atoms with Gasteiger partial charge in [-0.15, -0.1) is 0 Å². The maximum atomic E-state index is 11.7. The molecular weight excluding hydrogens is 494 g/mol. The molecule has 3 aromatic heterocycles. The van der Waals surface area contributed by atoms with E-state index < -0.39 is 22.7 Å². The molecule has 4 aromatic rings. The second-order valence-corrected chi connectivity index (χ2v) is 9.96. The van der Waals surface area contributed by atoms with Gasteiger partial charge in [-0.1, -0.05) is 6.07 Å². The zero-order chi connectivity index (χ0) is 25.8. The Hall–Kier alpha value is -3.99. The van der Waals surface area contributed by atoms with E-state index >= 15 is 0 Å². The summed E-state index contributed by atoms with van der Waals surface area (Å²) in [6.45, 7) is 1.41. The molecule has 0 spiro atoms. The number of hydrogen-bond acceptors (Lipinski definition) is 8. The molecule has 5 rings (SSSR count). The third-order valence-corrected chi connectivity index (χ3v) is 6.94. The molecular formula is C26H27N5O5S. The Morgan fingerprint density at radius 1 is 1.16 bits per heavy atom. The monoisotopic (exact) mass is 521 g/mol. The van der Waals surface area contributed by atoms with Gasteiger partial charge in [-0.05, 0) is 59.9 Å². The van der Waals surface area contributed by atoms with E-state index in [9.17, 15) is 18.3 Å². The predicted octanol–water partition coefficient (Wildman–Crippen LogP) is 2.98. The van der Waals surface area contributed by atoms with Gasteiger partial charge in [0.15, 0.2) is 0 Å². The number of ether oxygens (including phenoxy) is 1. The highest BCUT2D eigenvalue weighted by atomic mass is 32.2. The Balaban J connectivity index is 1.32. The van der Waals surface area contributed by atoms with E-state index in [1.165, 1.54) is 11.8 Å². The molecule has 0 radical (unpaired) electrons. The Kier molecular flexibility index (Phi) is 7.31. The van der Waals surface area contributed by atoms with E-state index in [1.807, 2.05) is 24.3 Å². The molecule has 10 nitrogen and oxygen atoms in total. The highest BCUT2D eigenvalue weighted by Crippen LogP contribution is 2.29. The van der Waals surface area contributed by atoms with Gasteiger partial charge in [-0.3, -0.25) is 14.5 Å². The second kappa shape index (κ2) is 11.0. The minimum atomic E-state index is -2.62. The summed E-state index contributed by atoms with van der Waals surface area (Å²) in [5.74, 6) is 0.491. The number of aliphatic carboxylic acids is 1. The van der Waals surface area contributed by atoms with Crippen molar-refractivity contribution in [2.45, 2.75) is 37.5 Å². The predicted molar refractivity (Wildman–Crippen MR) is 139 cm³/mol. The van der Waals surface area contributed by atoms with Crippen molar-refractivity contribution in [3.05, 3.63) is 77.4 Å². The maximum absolute atomic E-state index is 11.7. The molecule has 0 fully saturated rings. The number of carboxylic acids is 1. The van der Waals surface area contributed by atoms with Gasteiger partial charge in [0, 0.05) is 36.4 Å². The summed E-state index contributed by atoms with van der Waals surface area (Å²) in [5, 5.41) is 18.2. The Bertz CT molecular complexity index is 1510. The van der Waals surface area contributed by atoms with Crippen LogP contribution in [0.2, 0.25) is 0 Å². The Morgan fingerprint density at radius 2 is 2.05 bits per heavy atom. The summed E-state index contributed by atoms with van der Waals surface area (Å²) in [4.78, 5) is 20.5. The van der Waals surface area contributed by atoms with Gasteiger partial charge in [0.1, 0.15) is 22.3 Å². The largest absolute Gasteiger partial charge is 0.493 e. The van der Waals surface area contributed by atoms with Crippen molar-refractivity contribution >= 4 is 33.4 Å². The first-order valence-electron chi connectivity index (χ1n) is 12.1. The number of carbonyl (C=O) groups is 1. The number of carboxylic acid groups (broad SMARTS) is 1. The van der Waals surface area contributed by atoms with Crippen molar-refractivity contribution < 1.29 is 23.1 Å². The number of rotatable bonds is 10. The van der Waals surface area contributed by atoms with Crippen LogP contribution in [0.4, 0.5) is 5.82 Å². The smallest absolute Gasteiger partial charge is 0.305 e. The number of aromatic nitrogens is 4. The van der Waals surface area contributed by atoms with Crippen molar-refractivity contribution in [3.8, 4) is 5.75 Å². The zero-order valence-corrected chi connectivity index (χ0v) is 20.9. The molecule has 192 valence electrons. The third-order valence-electron chi connectivity index (χ3n) is 6.32. The lowest BCUT2D eigenvalue weighted by Gasteiger charge is -2.18. The standard InChI is InChI=1S/C26H27N5O5S/c32-25(33)12-24(19-10-17(13-27-14-19)16-37(34)35)31-23-6-5-22(11-20(23)15-29-31)36-9-7-21-4-3-18-2-1-8-28-26(18)30-21/h3-6,10-11,13-15,24,37H,1-2,7-9,12,16H2,(H,28,30)(H,32,33)/t24-/m0/s1. The number of benzene rings is 1. The molecule has 1 aliphatic heterocycles. The molecule has 11 heteroatoms. The Morgan fingerprint density at radius 3 is 2.89 bits per heavy atom. The van der Waals surface area contributed by atoms with Crippen LogP contribution in [0.3, 0.4) is 0 Å². The third kappa shape index (κ3) is 5.88. The topological polar surface area (TPSA) is 136 Å². The highest BCUT2D eigenvalue weighted by molar-refractivity contribution is 7.71. The van der Waals surface area contributed by atoms with Crippen molar-refractivity contribution in [1.29, 1.82) is 0 Å². The van der Waals surface area contributed by atoms with Gasteiger partial charge in [-0.25, -0.2) is 13.4 Å². The second-order valence-electron chi connectivity index (χ2n) is 8.98. The van der Waals surface area contributed by atoms with Crippen molar-refractivity contribution in [1.82, 2.24) is 19.7 Å². The van der Waals surface area contributed by atoms with Crippen LogP contribution in [-0.2, 0) is 34.1 Å². The molecule has 1 aliphatic rings. The first kappa shape index (κ1) is 24.7. The normalized spacial score (nSPS) is 13.8. The van der Waals surface area contributed by atoms with E-state index in [4.69, 9.17) is 9.72 Å². The van der Waals surface area contributed by atoms with Crippen LogP contribution < -0.4 is 10.1 Å². The minimum absolute atomic E-state index is 0.159. The van der Waals surface area contributed by atoms with Crippen molar-refractivity contribution in [2.24, 2.45) is 0 Å². The van der Waals surface area contributed by atoms with Gasteiger partial charge in [0.05, 0.1) is 36.5 Å². The molecule has 0 saturated heterocycles. The quantitative estimate of drug-likeness (QED) is 0.269. The van der Waals surface area contributed by atoms with Gasteiger partial charge in [-0.2, -0.15) is 5.10 Å². The van der Waals surface area contributed by atoms with Crippen LogP contribution in [0, 0.1) is 0 Å². The average molecular weight is 522 g/mol. The summed E-state index contributed by atoms with van der Waals surface area (Å²) >= 11 is 0. The SMILES string of the molecule is O=C(O)C[C@@H](c1cncc(C[SH](=O)=O)c1)n1ncc2cc(OCCc3ccc4c(n3)NCCC4)ccc21. The number of nitrogens with one attached hydrogen (secondary N) is 1. The molecule has 4 heterocycles. The van der Waals surface area contributed by atoms with E-state index in [0.29, 0.717) is 29.9 Å². The maximum Gasteiger partial charge on any atom is 0.305 e. The van der Waals surface area contributed by atoms with Crippen LogP contribution in [0.1, 0.15) is 41.3 Å². The van der Waals surface area contributed by atoms with Crippen molar-refractivity contribution in [3.63, 3.8) is 0 Å². The summed E-state index contributed by atoms with van der Waals surface area (Å²) < 4.78 is 29.9. The average Bonchev–Trinajstić information content (AvgIpc) is 3.30. The zero-order valence-electron chi connectivity index (χ0n) is 20.0. The van der Waals surface area contributed by atoms with Crippen LogP contribution in [-0.4, -0.2) is 52.4 Å². The summed E-state index contributed by atoms with van der Waals surface area (Å²) in [7, 11) is -2.62. The summed E-state index contributed by atoms with van der Waals surface area (Å²) in [5.41, 5.74) is 4.04. The number of aryl methyl sites for hydroxylation is 1. The van der Waals surface area contributed by atoms with Crippen LogP contribution in [0.25, 0.3) is 10.9 Å². The van der Waals surface area contributed by atoms with Crippen LogP contribution in [0.15, 0.2) is 55.0 Å². The Labute approximate surface area is 215 Å². The first-order valence-corrected chi connectivity index (χ1v) is 13.4. The number of hydrogen-bond donors (Lipinski definition) is 3. The lowest BCUT2D eigenvalue weighted by atomic mass is 10.0. The number of anilines is 1. The number of nitrogens with zero attached hydrogens (tertiary/aromatic N) is 4. The molecule has 37 heavy (non-hydrogen) atoms. The summed E-state index contributed by atoms with van der Waals surface area (Å²) in [6.07, 6.45) is 7.30. The van der Waals surface area contributed by atoms with Crippen LogP contribution in [0.5, 0.6) is 5.75 Å². The van der Waals surface area contributed by atoms with E-state index in [-0.39, 0.29) is 12.2 Å². The molecule has 1 aromatic carbocycles. The number of thiol groups is 1. The lowest BCUT2D eigenvalue weighted by Crippen LogP contribution is -2.17. The van der Waals surface area contributed by atoms with Crippen LogP contribution >= 0.6 is 0 Å². The van der Waals surface area contributed by atoms with Gasteiger partial charge < -0.3 is 15.2 Å². The lowest BCUT2D eigenvalue weighted by molar-refractivity contribution is -0.137. The van der Waals surface area contributed by atoms with E-state index in [2.05, 4.69) is 21.5 Å². The minimum Gasteiger partial charge on any atom is -0.493 e. The number of fused-ring (bicyclic) bond motifs is 2. The van der Waals surface area contributed by atoms with Crippen molar-refractivity contribution in [2.75, 3.05) is 18.5 Å². The fourth-order valence-electron chi connectivity index (χ4n) is 4.59. The number of pyridine rings is 2. The fraction of sp³-hybridized carbons (Fsp3) is 0.308. The van der Waals surface area contributed by atoms with Gasteiger partial charge >= 0.3 is 5.97 Å². The molecule has 0 aliphatic carbocycles. The molecule has 2 N–H and O–H groups in total. The summed E-state index contributed by atoms with van der Waals surface area (Å²) in [6, 6.07) is 10.7. The highest BCUT2D eigenvalue weighted by Gasteiger charge is 2.22. The molecule has 0 saturated carbocycles. The molecule has 0 amide bonds. The van der Waals surface area contributed by atoms with Gasteiger partial charge in [0.2, 0.25) is 0 Å². The van der Waals surface area contributed by atoms with E-state index in [1.54, 1.807) is 23.1 Å².